The van der Waals surface area contributed by atoms with Gasteiger partial charge in [-0.1, -0.05) is 60.7 Å². The maximum absolute atomic E-state index is 12.5. The Labute approximate surface area is 138 Å². The van der Waals surface area contributed by atoms with Gasteiger partial charge in [0, 0.05) is 11.6 Å². The highest BCUT2D eigenvalue weighted by Gasteiger charge is 2.26. The van der Waals surface area contributed by atoms with Crippen LogP contribution >= 0.6 is 0 Å². The van der Waals surface area contributed by atoms with Gasteiger partial charge in [0.05, 0.1) is 5.75 Å². The topological polar surface area (TPSA) is 84.6 Å². The van der Waals surface area contributed by atoms with Gasteiger partial charge >= 0.3 is 5.63 Å². The van der Waals surface area contributed by atoms with Crippen molar-refractivity contribution in [2.75, 3.05) is 0 Å². The molecule has 0 spiro atoms. The molecule has 2 aromatic carbocycles. The van der Waals surface area contributed by atoms with Gasteiger partial charge in [-0.05, 0) is 5.56 Å². The molecule has 0 radical (unpaired) electrons. The van der Waals surface area contributed by atoms with Crippen molar-refractivity contribution < 1.29 is 17.9 Å². The molecule has 0 saturated carbocycles. The lowest BCUT2D eigenvalue weighted by atomic mass is 10.1. The molecule has 3 aromatic rings. The average molecular weight is 342 g/mol. The van der Waals surface area contributed by atoms with Crippen LogP contribution in [0.15, 0.2) is 80.8 Å². The number of aromatic hydroxyl groups is 1. The van der Waals surface area contributed by atoms with Crippen LogP contribution < -0.4 is 5.63 Å². The van der Waals surface area contributed by atoms with Gasteiger partial charge in [-0.3, -0.25) is 0 Å². The Morgan fingerprint density at radius 1 is 0.917 bits per heavy atom. The molecule has 3 rings (SSSR count). The summed E-state index contributed by atoms with van der Waals surface area (Å²) in [5.74, 6) is -0.894. The molecule has 0 amide bonds. The summed E-state index contributed by atoms with van der Waals surface area (Å²) in [7, 11) is -4.03. The third-order valence-corrected chi connectivity index (χ3v) is 5.17. The predicted octanol–water partition coefficient (Wildman–Crippen LogP) is 2.99. The second kappa shape index (κ2) is 6.33. The van der Waals surface area contributed by atoms with E-state index in [1.54, 1.807) is 60.7 Å². The minimum absolute atomic E-state index is 0.108. The fourth-order valence-corrected chi connectivity index (χ4v) is 3.82. The van der Waals surface area contributed by atoms with Crippen LogP contribution in [0.1, 0.15) is 5.56 Å². The quantitative estimate of drug-likeness (QED) is 0.788. The second-order valence-electron chi connectivity index (χ2n) is 5.22. The first-order valence-corrected chi connectivity index (χ1v) is 8.82. The van der Waals surface area contributed by atoms with Crippen LogP contribution in [0, 0.1) is 0 Å². The van der Waals surface area contributed by atoms with Crippen molar-refractivity contribution in [2.45, 2.75) is 10.6 Å². The maximum atomic E-state index is 12.5. The van der Waals surface area contributed by atoms with E-state index in [4.69, 9.17) is 4.42 Å². The highest BCUT2D eigenvalue weighted by molar-refractivity contribution is 7.90. The molecule has 1 heterocycles. The van der Waals surface area contributed by atoms with Crippen molar-refractivity contribution >= 4 is 9.84 Å². The fraction of sp³-hybridized carbons (Fsp3) is 0.0556. The number of rotatable bonds is 4. The molecule has 24 heavy (non-hydrogen) atoms. The first-order chi connectivity index (χ1) is 11.5. The van der Waals surface area contributed by atoms with Gasteiger partial charge in [-0.15, -0.1) is 0 Å². The van der Waals surface area contributed by atoms with Crippen molar-refractivity contribution in [1.29, 1.82) is 0 Å². The Hall–Kier alpha value is -2.86. The summed E-state index contributed by atoms with van der Waals surface area (Å²) in [6, 6.07) is 18.2. The van der Waals surface area contributed by atoms with Crippen molar-refractivity contribution in [3.63, 3.8) is 0 Å². The highest BCUT2D eigenvalue weighted by atomic mass is 32.2. The summed E-state index contributed by atoms with van der Waals surface area (Å²) < 4.78 is 30.0. The van der Waals surface area contributed by atoms with Crippen LogP contribution in [0.4, 0.5) is 0 Å². The molecule has 0 fully saturated rings. The molecular weight excluding hydrogens is 328 g/mol. The van der Waals surface area contributed by atoms with E-state index in [9.17, 15) is 18.3 Å². The first kappa shape index (κ1) is 16.0. The molecule has 5 nitrogen and oxygen atoms in total. The Morgan fingerprint density at radius 3 is 2.08 bits per heavy atom. The van der Waals surface area contributed by atoms with E-state index in [1.165, 1.54) is 0 Å². The lowest BCUT2D eigenvalue weighted by molar-refractivity contribution is 0.425. The van der Waals surface area contributed by atoms with Gasteiger partial charge in [0.25, 0.3) is 0 Å². The molecule has 0 bridgehead atoms. The molecule has 6 heteroatoms. The Bertz CT molecular complexity index is 1010. The van der Waals surface area contributed by atoms with Crippen molar-refractivity contribution in [3.8, 4) is 17.1 Å². The van der Waals surface area contributed by atoms with Crippen LogP contribution in [0.25, 0.3) is 11.3 Å². The number of hydrogen-bond acceptors (Lipinski definition) is 5. The normalized spacial score (nSPS) is 11.3. The zero-order valence-electron chi connectivity index (χ0n) is 12.5. The average Bonchev–Trinajstić information content (AvgIpc) is 2.55. The fourth-order valence-electron chi connectivity index (χ4n) is 2.37. The third kappa shape index (κ3) is 3.23. The lowest BCUT2D eigenvalue weighted by Gasteiger charge is -2.07. The largest absolute Gasteiger partial charge is 0.506 e. The third-order valence-electron chi connectivity index (χ3n) is 3.46. The molecule has 0 atom stereocenters. The summed E-state index contributed by atoms with van der Waals surface area (Å²) in [4.78, 5) is 11.4. The maximum Gasteiger partial charge on any atom is 0.359 e. The smallest absolute Gasteiger partial charge is 0.359 e. The monoisotopic (exact) mass is 342 g/mol. The molecule has 122 valence electrons. The van der Waals surface area contributed by atoms with Gasteiger partial charge in [0.1, 0.15) is 11.5 Å². The second-order valence-corrected chi connectivity index (χ2v) is 7.15. The van der Waals surface area contributed by atoms with E-state index in [-0.39, 0.29) is 5.76 Å². The van der Waals surface area contributed by atoms with E-state index in [2.05, 4.69) is 0 Å². The van der Waals surface area contributed by atoms with Gasteiger partial charge in [-0.25, -0.2) is 13.2 Å². The van der Waals surface area contributed by atoms with Crippen molar-refractivity contribution in [1.82, 2.24) is 0 Å². The van der Waals surface area contributed by atoms with E-state index in [0.29, 0.717) is 11.1 Å². The summed E-state index contributed by atoms with van der Waals surface area (Å²) in [6.07, 6.45) is 0. The van der Waals surface area contributed by atoms with Crippen LogP contribution in [-0.4, -0.2) is 13.5 Å². The van der Waals surface area contributed by atoms with Crippen LogP contribution in [0.3, 0.4) is 0 Å². The van der Waals surface area contributed by atoms with E-state index in [1.807, 2.05) is 0 Å². The molecule has 0 aliphatic carbocycles. The Balaban J connectivity index is 2.04. The minimum Gasteiger partial charge on any atom is -0.506 e. The van der Waals surface area contributed by atoms with Crippen LogP contribution in [0.5, 0.6) is 5.75 Å². The number of benzene rings is 2. The summed E-state index contributed by atoms with van der Waals surface area (Å²) in [6.45, 7) is 0. The van der Waals surface area contributed by atoms with Gasteiger partial charge < -0.3 is 9.52 Å². The van der Waals surface area contributed by atoms with Gasteiger partial charge in [0.15, 0.2) is 14.7 Å². The standard InChI is InChI=1S/C18H14O5S/c19-15-11-16(14-9-5-2-6-10-14)23-18(20)17(15)24(21,22)12-13-7-3-1-4-8-13/h1-11,19H,12H2. The van der Waals surface area contributed by atoms with Crippen LogP contribution in [0.2, 0.25) is 0 Å². The zero-order valence-corrected chi connectivity index (χ0v) is 13.4. The SMILES string of the molecule is O=c1oc(-c2ccccc2)cc(O)c1S(=O)(=O)Cc1ccccc1. The molecule has 0 unspecified atom stereocenters. The predicted molar refractivity (Wildman–Crippen MR) is 89.4 cm³/mol. The Kier molecular flexibility index (Phi) is 4.22. The first-order valence-electron chi connectivity index (χ1n) is 7.16. The highest BCUT2D eigenvalue weighted by Crippen LogP contribution is 2.28. The summed E-state index contributed by atoms with van der Waals surface area (Å²) in [5.41, 5.74) is 0.00475. The van der Waals surface area contributed by atoms with E-state index >= 15 is 0 Å². The van der Waals surface area contributed by atoms with Gasteiger partial charge in [0.2, 0.25) is 0 Å². The summed E-state index contributed by atoms with van der Waals surface area (Å²) in [5, 5.41) is 10.1. The van der Waals surface area contributed by atoms with Gasteiger partial charge in [-0.2, -0.15) is 0 Å². The number of sulfone groups is 1. The molecule has 1 aromatic heterocycles. The zero-order chi connectivity index (χ0) is 17.2. The molecular formula is C18H14O5S. The molecule has 0 saturated heterocycles. The molecule has 0 aliphatic heterocycles. The van der Waals surface area contributed by atoms with E-state index < -0.39 is 31.9 Å². The van der Waals surface area contributed by atoms with E-state index in [0.717, 1.165) is 6.07 Å². The Morgan fingerprint density at radius 2 is 1.50 bits per heavy atom. The lowest BCUT2D eigenvalue weighted by Crippen LogP contribution is -2.16. The minimum atomic E-state index is -4.03. The summed E-state index contributed by atoms with van der Waals surface area (Å²) >= 11 is 0. The van der Waals surface area contributed by atoms with Crippen LogP contribution in [-0.2, 0) is 15.6 Å². The number of hydrogen-bond donors (Lipinski definition) is 1. The molecule has 1 N–H and O–H groups in total. The van der Waals surface area contributed by atoms with Crippen molar-refractivity contribution in [2.24, 2.45) is 0 Å². The van der Waals surface area contributed by atoms with Crippen molar-refractivity contribution in [3.05, 3.63) is 82.7 Å². The molecule has 0 aliphatic rings.